The van der Waals surface area contributed by atoms with E-state index < -0.39 is 0 Å². The number of hydrogen-bond acceptors (Lipinski definition) is 1. The van der Waals surface area contributed by atoms with Crippen molar-refractivity contribution in [1.82, 2.24) is 9.78 Å². The van der Waals surface area contributed by atoms with Gasteiger partial charge in [-0.2, -0.15) is 5.10 Å². The fourth-order valence-electron chi connectivity index (χ4n) is 1.19. The third kappa shape index (κ3) is 1.75. The van der Waals surface area contributed by atoms with Gasteiger partial charge in [-0.25, -0.2) is 0 Å². The van der Waals surface area contributed by atoms with Gasteiger partial charge in [0.1, 0.15) is 0 Å². The summed E-state index contributed by atoms with van der Waals surface area (Å²) in [4.78, 5) is 0. The zero-order valence-electron chi connectivity index (χ0n) is 7.19. The van der Waals surface area contributed by atoms with Crippen molar-refractivity contribution < 1.29 is 0 Å². The Hall–Kier alpha value is -0.0600. The van der Waals surface area contributed by atoms with Crippen molar-refractivity contribution in [2.24, 2.45) is 7.05 Å². The summed E-state index contributed by atoms with van der Waals surface area (Å²) < 4.78 is 3.31. The predicted molar refractivity (Wildman–Crippen MR) is 54.7 cm³/mol. The molecular formula is C8H13IN2. The van der Waals surface area contributed by atoms with Crippen molar-refractivity contribution >= 4 is 22.6 Å². The lowest BCUT2D eigenvalue weighted by Gasteiger charge is -1.98. The monoisotopic (exact) mass is 264 g/mol. The van der Waals surface area contributed by atoms with Crippen LogP contribution in [0.1, 0.15) is 24.7 Å². The summed E-state index contributed by atoms with van der Waals surface area (Å²) in [5.41, 5.74) is 2.52. The van der Waals surface area contributed by atoms with E-state index in [1.54, 1.807) is 0 Å². The quantitative estimate of drug-likeness (QED) is 0.749. The van der Waals surface area contributed by atoms with Crippen molar-refractivity contribution in [2.75, 3.05) is 0 Å². The van der Waals surface area contributed by atoms with Gasteiger partial charge in [0.05, 0.1) is 15.0 Å². The molecule has 1 rings (SSSR count). The van der Waals surface area contributed by atoms with Crippen LogP contribution in [0.3, 0.4) is 0 Å². The molecule has 0 atom stereocenters. The van der Waals surface area contributed by atoms with Crippen molar-refractivity contribution in [3.63, 3.8) is 0 Å². The second-order valence-electron chi connectivity index (χ2n) is 2.72. The highest BCUT2D eigenvalue weighted by atomic mass is 127. The molecule has 1 aromatic rings. The summed E-state index contributed by atoms with van der Waals surface area (Å²) in [7, 11) is 2.01. The van der Waals surface area contributed by atoms with Gasteiger partial charge in [-0.3, -0.25) is 4.68 Å². The Morgan fingerprint density at radius 2 is 2.18 bits per heavy atom. The smallest absolute Gasteiger partial charge is 0.0729 e. The zero-order valence-corrected chi connectivity index (χ0v) is 9.34. The summed E-state index contributed by atoms with van der Waals surface area (Å²) in [5.74, 6) is 0. The molecule has 0 bridgehead atoms. The van der Waals surface area contributed by atoms with E-state index in [0.717, 1.165) is 12.1 Å². The van der Waals surface area contributed by atoms with Gasteiger partial charge >= 0.3 is 0 Å². The first kappa shape index (κ1) is 9.03. The third-order valence-electron chi connectivity index (χ3n) is 1.75. The number of rotatable bonds is 2. The lowest BCUT2D eigenvalue weighted by molar-refractivity contribution is 0.691. The number of aryl methyl sites for hydroxylation is 2. The van der Waals surface area contributed by atoms with Crippen LogP contribution in [0.4, 0.5) is 0 Å². The van der Waals surface area contributed by atoms with Gasteiger partial charge in [0.15, 0.2) is 0 Å². The molecule has 0 amide bonds. The number of halogens is 1. The Labute approximate surface area is 81.1 Å². The topological polar surface area (TPSA) is 17.8 Å². The molecule has 0 aliphatic heterocycles. The molecule has 11 heavy (non-hydrogen) atoms. The summed E-state index contributed by atoms with van der Waals surface area (Å²) >= 11 is 2.37. The Bertz CT molecular complexity index is 253. The molecule has 0 fully saturated rings. The normalized spacial score (nSPS) is 10.5. The summed E-state index contributed by atoms with van der Waals surface area (Å²) in [6, 6.07) is 0. The Morgan fingerprint density at radius 1 is 1.55 bits per heavy atom. The summed E-state index contributed by atoms with van der Waals surface area (Å²) in [6.45, 7) is 4.25. The fraction of sp³-hybridized carbons (Fsp3) is 0.625. The first-order chi connectivity index (χ1) is 5.16. The second kappa shape index (κ2) is 3.56. The molecule has 0 spiro atoms. The molecule has 62 valence electrons. The highest BCUT2D eigenvalue weighted by Crippen LogP contribution is 2.16. The maximum absolute atomic E-state index is 4.34. The molecule has 2 nitrogen and oxygen atoms in total. The maximum atomic E-state index is 4.34. The molecule has 1 aromatic heterocycles. The van der Waals surface area contributed by atoms with Crippen LogP contribution < -0.4 is 0 Å². The van der Waals surface area contributed by atoms with Crippen LogP contribution in [-0.2, 0) is 13.5 Å². The van der Waals surface area contributed by atoms with E-state index in [2.05, 4.69) is 41.5 Å². The van der Waals surface area contributed by atoms with E-state index in [-0.39, 0.29) is 0 Å². The number of nitrogens with zero attached hydrogens (tertiary/aromatic N) is 2. The van der Waals surface area contributed by atoms with Gasteiger partial charge in [-0.1, -0.05) is 13.3 Å². The molecule has 0 radical (unpaired) electrons. The summed E-state index contributed by atoms with van der Waals surface area (Å²) in [5, 5.41) is 4.34. The highest BCUT2D eigenvalue weighted by molar-refractivity contribution is 14.1. The van der Waals surface area contributed by atoms with E-state index in [1.807, 2.05) is 11.7 Å². The zero-order chi connectivity index (χ0) is 8.43. The molecule has 0 unspecified atom stereocenters. The molecule has 1 heterocycles. The van der Waals surface area contributed by atoms with Crippen molar-refractivity contribution in [1.29, 1.82) is 0 Å². The van der Waals surface area contributed by atoms with Crippen molar-refractivity contribution in [3.8, 4) is 0 Å². The largest absolute Gasteiger partial charge is 0.271 e. The van der Waals surface area contributed by atoms with Crippen LogP contribution in [0, 0.1) is 10.5 Å². The van der Waals surface area contributed by atoms with Gasteiger partial charge in [-0.15, -0.1) is 0 Å². The second-order valence-corrected chi connectivity index (χ2v) is 3.80. The molecule has 3 heteroatoms. The van der Waals surface area contributed by atoms with Gasteiger partial charge < -0.3 is 0 Å². The average molecular weight is 264 g/mol. The fourth-order valence-corrected chi connectivity index (χ4v) is 1.92. The molecule has 0 saturated carbocycles. The molecular weight excluding hydrogens is 251 g/mol. The molecule has 0 aromatic carbocycles. The van der Waals surface area contributed by atoms with Crippen LogP contribution in [-0.4, -0.2) is 9.78 Å². The van der Waals surface area contributed by atoms with Crippen LogP contribution in [0.25, 0.3) is 0 Å². The Morgan fingerprint density at radius 3 is 2.55 bits per heavy atom. The number of aromatic nitrogens is 2. The standard InChI is InChI=1S/C8H13IN2/c1-4-5-7-8(9)6(2)10-11(7)3/h4-5H2,1-3H3. The molecule has 0 aliphatic rings. The Kier molecular flexibility index (Phi) is 2.92. The van der Waals surface area contributed by atoms with E-state index in [4.69, 9.17) is 0 Å². The van der Waals surface area contributed by atoms with Gasteiger partial charge in [0, 0.05) is 7.05 Å². The lowest BCUT2D eigenvalue weighted by atomic mass is 10.2. The minimum absolute atomic E-state index is 1.13. The lowest BCUT2D eigenvalue weighted by Crippen LogP contribution is -1.98. The van der Waals surface area contributed by atoms with Crippen molar-refractivity contribution in [3.05, 3.63) is 15.0 Å². The maximum Gasteiger partial charge on any atom is 0.0729 e. The molecule has 0 aliphatic carbocycles. The van der Waals surface area contributed by atoms with E-state index in [1.165, 1.54) is 15.7 Å². The SMILES string of the molecule is CCCc1c(I)c(C)nn1C. The first-order valence-corrected chi connectivity index (χ1v) is 4.92. The van der Waals surface area contributed by atoms with E-state index in [0.29, 0.717) is 0 Å². The molecule has 0 N–H and O–H groups in total. The van der Waals surface area contributed by atoms with Gasteiger partial charge in [0.25, 0.3) is 0 Å². The van der Waals surface area contributed by atoms with Crippen LogP contribution in [0.15, 0.2) is 0 Å². The first-order valence-electron chi connectivity index (χ1n) is 3.84. The van der Waals surface area contributed by atoms with Gasteiger partial charge in [0.2, 0.25) is 0 Å². The predicted octanol–water partition coefficient (Wildman–Crippen LogP) is 2.29. The molecule has 0 saturated heterocycles. The van der Waals surface area contributed by atoms with Crippen molar-refractivity contribution in [2.45, 2.75) is 26.7 Å². The number of hydrogen-bond donors (Lipinski definition) is 0. The third-order valence-corrected chi connectivity index (χ3v) is 3.15. The minimum Gasteiger partial charge on any atom is -0.271 e. The average Bonchev–Trinajstić information content (AvgIpc) is 2.17. The highest BCUT2D eigenvalue weighted by Gasteiger charge is 2.08. The van der Waals surface area contributed by atoms with E-state index in [9.17, 15) is 0 Å². The van der Waals surface area contributed by atoms with E-state index >= 15 is 0 Å². The summed E-state index contributed by atoms with van der Waals surface area (Å²) in [6.07, 6.45) is 2.32. The minimum atomic E-state index is 1.13. The van der Waals surface area contributed by atoms with Gasteiger partial charge in [-0.05, 0) is 35.9 Å². The Balaban J connectivity index is 3.02. The van der Waals surface area contributed by atoms with Crippen LogP contribution in [0.5, 0.6) is 0 Å². The van der Waals surface area contributed by atoms with Crippen LogP contribution >= 0.6 is 22.6 Å². The van der Waals surface area contributed by atoms with Crippen LogP contribution in [0.2, 0.25) is 0 Å².